The predicted octanol–water partition coefficient (Wildman–Crippen LogP) is 3.22. The van der Waals surface area contributed by atoms with E-state index in [2.05, 4.69) is 5.32 Å². The number of ketones is 2. The molecule has 0 aromatic heterocycles. The van der Waals surface area contributed by atoms with Crippen LogP contribution in [0.2, 0.25) is 0 Å². The fourth-order valence-corrected chi connectivity index (χ4v) is 4.10. The Bertz CT molecular complexity index is 754. The lowest BCUT2D eigenvalue weighted by atomic mass is 9.68. The van der Waals surface area contributed by atoms with E-state index in [-0.39, 0.29) is 12.1 Å². The first-order valence-corrected chi connectivity index (χ1v) is 7.59. The number of carbonyl (C=O) groups is 3. The lowest BCUT2D eigenvalue weighted by Crippen LogP contribution is -2.47. The Morgan fingerprint density at radius 1 is 1.25 bits per heavy atom. The molecule has 0 aliphatic heterocycles. The Labute approximate surface area is 136 Å². The Hall–Kier alpha value is -2.18. The zero-order valence-electron chi connectivity index (χ0n) is 13.2. The number of carbonyl (C=O) groups excluding carboxylic acids is 3. The summed E-state index contributed by atoms with van der Waals surface area (Å²) in [5.74, 6) is -2.49. The fraction of sp³-hybridized carbons (Fsp3) is 0.471. The summed E-state index contributed by atoms with van der Waals surface area (Å²) in [5, 5.41) is 2.41. The first-order chi connectivity index (χ1) is 11.0. The third-order valence-corrected chi connectivity index (χ3v) is 5.54. The van der Waals surface area contributed by atoms with Crippen LogP contribution in [0.15, 0.2) is 24.3 Å². The third kappa shape index (κ3) is 2.03. The molecule has 2 bridgehead atoms. The molecule has 1 N–H and O–H groups in total. The van der Waals surface area contributed by atoms with Crippen molar-refractivity contribution >= 4 is 23.2 Å². The topological polar surface area (TPSA) is 63.2 Å². The zero-order chi connectivity index (χ0) is 17.9. The monoisotopic (exact) mass is 339 g/mol. The van der Waals surface area contributed by atoms with Crippen molar-refractivity contribution in [2.75, 3.05) is 5.32 Å². The van der Waals surface area contributed by atoms with Gasteiger partial charge in [0.05, 0.1) is 5.56 Å². The van der Waals surface area contributed by atoms with Crippen LogP contribution in [-0.2, 0) is 20.6 Å². The minimum absolute atomic E-state index is 0.0457. The van der Waals surface area contributed by atoms with E-state index in [0.29, 0.717) is 6.42 Å². The number of Topliss-reactive ketones (excluding diaryl/α,β-unsaturated/α-hetero) is 2. The van der Waals surface area contributed by atoms with Crippen molar-refractivity contribution in [2.45, 2.75) is 32.9 Å². The molecule has 2 aliphatic rings. The van der Waals surface area contributed by atoms with Crippen LogP contribution in [0.4, 0.5) is 18.9 Å². The molecule has 0 spiro atoms. The molecular formula is C17H16F3NO3. The maximum absolute atomic E-state index is 12.8. The lowest BCUT2D eigenvalue weighted by Gasteiger charge is -2.33. The van der Waals surface area contributed by atoms with Crippen molar-refractivity contribution in [3.63, 3.8) is 0 Å². The summed E-state index contributed by atoms with van der Waals surface area (Å²) >= 11 is 0. The number of alkyl halides is 3. The van der Waals surface area contributed by atoms with Gasteiger partial charge in [0.15, 0.2) is 0 Å². The Morgan fingerprint density at radius 3 is 2.46 bits per heavy atom. The highest BCUT2D eigenvalue weighted by atomic mass is 19.4. The SMILES string of the molecule is CC1(C)C2CCC1(C(=O)Nc1cccc(C(F)(F)F)c1)C(=O)C2=O. The summed E-state index contributed by atoms with van der Waals surface area (Å²) in [5.41, 5.74) is -3.28. The van der Waals surface area contributed by atoms with Crippen LogP contribution in [0.1, 0.15) is 32.3 Å². The van der Waals surface area contributed by atoms with E-state index < -0.39 is 46.0 Å². The van der Waals surface area contributed by atoms with Gasteiger partial charge in [-0.15, -0.1) is 0 Å². The zero-order valence-corrected chi connectivity index (χ0v) is 13.2. The summed E-state index contributed by atoms with van der Waals surface area (Å²) in [6.07, 6.45) is -3.86. The van der Waals surface area contributed by atoms with Gasteiger partial charge in [0.1, 0.15) is 5.41 Å². The number of benzene rings is 1. The van der Waals surface area contributed by atoms with Crippen LogP contribution >= 0.6 is 0 Å². The predicted molar refractivity (Wildman–Crippen MR) is 79.0 cm³/mol. The van der Waals surface area contributed by atoms with Crippen molar-refractivity contribution in [1.29, 1.82) is 0 Å². The van der Waals surface area contributed by atoms with Crippen LogP contribution in [-0.4, -0.2) is 17.5 Å². The second kappa shape index (κ2) is 4.91. The molecule has 2 atom stereocenters. The van der Waals surface area contributed by atoms with Gasteiger partial charge in [0, 0.05) is 11.6 Å². The molecule has 1 amide bonds. The maximum Gasteiger partial charge on any atom is 0.416 e. The highest BCUT2D eigenvalue weighted by Gasteiger charge is 2.72. The molecule has 3 rings (SSSR count). The van der Waals surface area contributed by atoms with Crippen molar-refractivity contribution in [3.8, 4) is 0 Å². The van der Waals surface area contributed by atoms with Crippen LogP contribution in [0.25, 0.3) is 0 Å². The van der Waals surface area contributed by atoms with Crippen molar-refractivity contribution in [1.82, 2.24) is 0 Å². The molecule has 2 aliphatic carbocycles. The maximum atomic E-state index is 12.8. The van der Waals surface area contributed by atoms with E-state index >= 15 is 0 Å². The minimum atomic E-state index is -4.53. The molecule has 4 nitrogen and oxygen atoms in total. The highest BCUT2D eigenvalue weighted by Crippen LogP contribution is 2.62. The fourth-order valence-electron chi connectivity index (χ4n) is 4.10. The Balaban J connectivity index is 1.94. The Kier molecular flexibility index (Phi) is 3.41. The second-order valence-electron chi connectivity index (χ2n) is 6.94. The summed E-state index contributed by atoms with van der Waals surface area (Å²) in [4.78, 5) is 37.2. The van der Waals surface area contributed by atoms with Gasteiger partial charge in [0.2, 0.25) is 17.5 Å². The molecule has 24 heavy (non-hydrogen) atoms. The molecule has 0 heterocycles. The van der Waals surface area contributed by atoms with Gasteiger partial charge in [-0.25, -0.2) is 0 Å². The summed E-state index contributed by atoms with van der Waals surface area (Å²) in [6.45, 7) is 3.39. The van der Waals surface area contributed by atoms with E-state index in [4.69, 9.17) is 0 Å². The molecule has 1 aromatic rings. The molecule has 7 heteroatoms. The van der Waals surface area contributed by atoms with Crippen LogP contribution in [0.5, 0.6) is 0 Å². The number of anilines is 1. The number of hydrogen-bond acceptors (Lipinski definition) is 3. The third-order valence-electron chi connectivity index (χ3n) is 5.54. The molecule has 1 aromatic carbocycles. The molecule has 2 saturated carbocycles. The summed E-state index contributed by atoms with van der Waals surface area (Å²) in [7, 11) is 0. The second-order valence-corrected chi connectivity index (χ2v) is 6.94. The van der Waals surface area contributed by atoms with Crippen LogP contribution < -0.4 is 5.32 Å². The van der Waals surface area contributed by atoms with E-state index in [1.165, 1.54) is 12.1 Å². The van der Waals surface area contributed by atoms with Gasteiger partial charge < -0.3 is 5.32 Å². The van der Waals surface area contributed by atoms with Gasteiger partial charge in [-0.3, -0.25) is 14.4 Å². The van der Waals surface area contributed by atoms with Gasteiger partial charge in [-0.1, -0.05) is 19.9 Å². The number of amides is 1. The Morgan fingerprint density at radius 2 is 1.92 bits per heavy atom. The van der Waals surface area contributed by atoms with Gasteiger partial charge in [-0.2, -0.15) is 13.2 Å². The normalized spacial score (nSPS) is 28.3. The largest absolute Gasteiger partial charge is 0.416 e. The number of halogens is 3. The van der Waals surface area contributed by atoms with E-state index in [9.17, 15) is 27.6 Å². The van der Waals surface area contributed by atoms with Crippen molar-refractivity contribution in [3.05, 3.63) is 29.8 Å². The number of hydrogen-bond donors (Lipinski definition) is 1. The van der Waals surface area contributed by atoms with Gasteiger partial charge in [-0.05, 0) is 36.5 Å². The average molecular weight is 339 g/mol. The molecule has 0 radical (unpaired) electrons. The summed E-state index contributed by atoms with van der Waals surface area (Å²) in [6, 6.07) is 4.22. The van der Waals surface area contributed by atoms with Crippen molar-refractivity contribution in [2.24, 2.45) is 16.7 Å². The number of fused-ring (bicyclic) bond motifs is 2. The van der Waals surface area contributed by atoms with Gasteiger partial charge >= 0.3 is 6.18 Å². The molecule has 0 saturated heterocycles. The quantitative estimate of drug-likeness (QED) is 0.665. The summed E-state index contributed by atoms with van der Waals surface area (Å²) < 4.78 is 38.3. The standard InChI is InChI=1S/C17H16F3NO3/c1-15(2)11-6-7-16(15,13(23)12(11)22)14(24)21-10-5-3-4-9(8-10)17(18,19)20/h3-5,8,11H,6-7H2,1-2H3,(H,21,24). The van der Waals surface area contributed by atoms with E-state index in [1.807, 2.05) is 0 Å². The molecular weight excluding hydrogens is 323 g/mol. The smallest absolute Gasteiger partial charge is 0.325 e. The first-order valence-electron chi connectivity index (χ1n) is 7.59. The number of nitrogens with one attached hydrogen (secondary N) is 1. The number of rotatable bonds is 2. The van der Waals surface area contributed by atoms with Crippen LogP contribution in [0, 0.1) is 16.7 Å². The first kappa shape index (κ1) is 16.7. The van der Waals surface area contributed by atoms with E-state index in [1.54, 1.807) is 13.8 Å². The van der Waals surface area contributed by atoms with E-state index in [0.717, 1.165) is 12.1 Å². The minimum Gasteiger partial charge on any atom is -0.325 e. The lowest BCUT2D eigenvalue weighted by molar-refractivity contribution is -0.147. The average Bonchev–Trinajstić information content (AvgIpc) is 2.83. The highest BCUT2D eigenvalue weighted by molar-refractivity contribution is 6.48. The van der Waals surface area contributed by atoms with Gasteiger partial charge in [0.25, 0.3) is 0 Å². The molecule has 2 unspecified atom stereocenters. The van der Waals surface area contributed by atoms with Crippen molar-refractivity contribution < 1.29 is 27.6 Å². The molecule has 128 valence electrons. The van der Waals surface area contributed by atoms with Crippen LogP contribution in [0.3, 0.4) is 0 Å². The molecule has 2 fully saturated rings.